The van der Waals surface area contributed by atoms with Gasteiger partial charge in [0.25, 0.3) is 0 Å². The van der Waals surface area contributed by atoms with Gasteiger partial charge in [-0.1, -0.05) is 0 Å². The molecule has 2 heterocycles. The summed E-state index contributed by atoms with van der Waals surface area (Å²) in [7, 11) is 0. The zero-order valence-electron chi connectivity index (χ0n) is 12.1. The highest BCUT2D eigenvalue weighted by molar-refractivity contribution is 5.79. The van der Waals surface area contributed by atoms with E-state index in [-0.39, 0.29) is 5.92 Å². The highest BCUT2D eigenvalue weighted by atomic mass is 16.2. The molecule has 1 amide bonds. The first kappa shape index (κ1) is 13.6. The highest BCUT2D eigenvalue weighted by Gasteiger charge is 2.36. The molecule has 4 heteroatoms. The monoisotopic (exact) mass is 273 g/mol. The van der Waals surface area contributed by atoms with Gasteiger partial charge in [-0.15, -0.1) is 0 Å². The third kappa shape index (κ3) is 3.18. The summed E-state index contributed by atoms with van der Waals surface area (Å²) >= 11 is 0. The fourth-order valence-corrected chi connectivity index (χ4v) is 3.05. The summed E-state index contributed by atoms with van der Waals surface area (Å²) in [4.78, 5) is 19.0. The van der Waals surface area contributed by atoms with Crippen molar-refractivity contribution in [2.45, 2.75) is 51.2 Å². The summed E-state index contributed by atoms with van der Waals surface area (Å²) in [5.74, 6) is 0.561. The van der Waals surface area contributed by atoms with Crippen LogP contribution in [0.2, 0.25) is 0 Å². The van der Waals surface area contributed by atoms with E-state index in [1.54, 1.807) is 12.4 Å². The molecule has 3 rings (SSSR count). The summed E-state index contributed by atoms with van der Waals surface area (Å²) in [5, 5.41) is 3.42. The van der Waals surface area contributed by atoms with Crippen molar-refractivity contribution in [1.29, 1.82) is 0 Å². The fourth-order valence-electron chi connectivity index (χ4n) is 3.05. The van der Waals surface area contributed by atoms with Crippen molar-refractivity contribution in [3.63, 3.8) is 0 Å². The lowest BCUT2D eigenvalue weighted by Crippen LogP contribution is -2.44. The Balaban J connectivity index is 1.68. The molecule has 0 spiro atoms. The van der Waals surface area contributed by atoms with Crippen LogP contribution in [0.5, 0.6) is 0 Å². The maximum atomic E-state index is 12.8. The standard InChI is InChI=1S/C16H23N3O/c1-12-10-14(6-9-18-12)16(20)19(15-2-3-15)11-13-4-7-17-8-5-13/h4-5,7-8,12,14-15,18H,2-3,6,9-11H2,1H3. The first-order valence-corrected chi connectivity index (χ1v) is 7.67. The van der Waals surface area contributed by atoms with Crippen molar-refractivity contribution >= 4 is 5.91 Å². The summed E-state index contributed by atoms with van der Waals surface area (Å²) in [5.41, 5.74) is 1.18. The van der Waals surface area contributed by atoms with Crippen molar-refractivity contribution in [3.05, 3.63) is 30.1 Å². The van der Waals surface area contributed by atoms with Gasteiger partial charge in [0.1, 0.15) is 0 Å². The lowest BCUT2D eigenvalue weighted by atomic mass is 9.91. The van der Waals surface area contributed by atoms with E-state index in [1.165, 1.54) is 5.56 Å². The number of rotatable bonds is 4. The second kappa shape index (κ2) is 5.92. The minimum Gasteiger partial charge on any atom is -0.335 e. The van der Waals surface area contributed by atoms with Gasteiger partial charge >= 0.3 is 0 Å². The largest absolute Gasteiger partial charge is 0.335 e. The maximum absolute atomic E-state index is 12.8. The molecular weight excluding hydrogens is 250 g/mol. The summed E-state index contributed by atoms with van der Waals surface area (Å²) < 4.78 is 0. The number of hydrogen-bond donors (Lipinski definition) is 1. The molecule has 1 N–H and O–H groups in total. The van der Waals surface area contributed by atoms with Crippen LogP contribution in [0.4, 0.5) is 0 Å². The summed E-state index contributed by atoms with van der Waals surface area (Å²) in [6.07, 6.45) is 7.88. The number of nitrogens with zero attached hydrogens (tertiary/aromatic N) is 2. The Morgan fingerprint density at radius 1 is 1.35 bits per heavy atom. The number of hydrogen-bond acceptors (Lipinski definition) is 3. The van der Waals surface area contributed by atoms with E-state index in [1.807, 2.05) is 12.1 Å². The van der Waals surface area contributed by atoms with E-state index in [4.69, 9.17) is 0 Å². The number of piperidine rings is 1. The van der Waals surface area contributed by atoms with Gasteiger partial charge in [-0.05, 0) is 56.8 Å². The minimum absolute atomic E-state index is 0.202. The number of nitrogens with one attached hydrogen (secondary N) is 1. The first-order valence-electron chi connectivity index (χ1n) is 7.67. The highest BCUT2D eigenvalue weighted by Crippen LogP contribution is 2.31. The Kier molecular flexibility index (Phi) is 4.01. The van der Waals surface area contributed by atoms with Gasteiger partial charge in [-0.25, -0.2) is 0 Å². The quantitative estimate of drug-likeness (QED) is 0.912. The molecule has 2 aliphatic rings. The molecule has 1 saturated heterocycles. The molecule has 1 aromatic rings. The van der Waals surface area contributed by atoms with Crippen molar-refractivity contribution in [1.82, 2.24) is 15.2 Å². The third-order valence-corrected chi connectivity index (χ3v) is 4.35. The van der Waals surface area contributed by atoms with E-state index in [0.717, 1.165) is 38.8 Å². The Morgan fingerprint density at radius 2 is 2.10 bits per heavy atom. The third-order valence-electron chi connectivity index (χ3n) is 4.35. The molecule has 2 unspecified atom stereocenters. The van der Waals surface area contributed by atoms with Crippen LogP contribution in [0.1, 0.15) is 38.2 Å². The molecule has 0 aromatic carbocycles. The van der Waals surface area contributed by atoms with E-state index >= 15 is 0 Å². The second-order valence-electron chi connectivity index (χ2n) is 6.13. The van der Waals surface area contributed by atoms with Gasteiger partial charge in [0.05, 0.1) is 0 Å². The van der Waals surface area contributed by atoms with Gasteiger partial charge in [0, 0.05) is 36.9 Å². The maximum Gasteiger partial charge on any atom is 0.226 e. The number of pyridine rings is 1. The normalized spacial score (nSPS) is 26.2. The van der Waals surface area contributed by atoms with Crippen LogP contribution in [0.25, 0.3) is 0 Å². The van der Waals surface area contributed by atoms with Crippen molar-refractivity contribution < 1.29 is 4.79 Å². The van der Waals surface area contributed by atoms with Crippen molar-refractivity contribution in [2.24, 2.45) is 5.92 Å². The Hall–Kier alpha value is -1.42. The topological polar surface area (TPSA) is 45.2 Å². The van der Waals surface area contributed by atoms with E-state index < -0.39 is 0 Å². The molecule has 0 radical (unpaired) electrons. The fraction of sp³-hybridized carbons (Fsp3) is 0.625. The smallest absolute Gasteiger partial charge is 0.226 e. The summed E-state index contributed by atoms with van der Waals surface area (Å²) in [6.45, 7) is 3.87. The molecule has 1 saturated carbocycles. The number of aromatic nitrogens is 1. The Morgan fingerprint density at radius 3 is 2.75 bits per heavy atom. The molecule has 20 heavy (non-hydrogen) atoms. The average Bonchev–Trinajstić information content (AvgIpc) is 3.30. The van der Waals surface area contributed by atoms with Crippen molar-refractivity contribution in [2.75, 3.05) is 6.54 Å². The molecule has 108 valence electrons. The molecular formula is C16H23N3O. The van der Waals surface area contributed by atoms with Gasteiger partial charge in [-0.2, -0.15) is 0 Å². The van der Waals surface area contributed by atoms with Crippen LogP contribution >= 0.6 is 0 Å². The van der Waals surface area contributed by atoms with Gasteiger partial charge in [0.15, 0.2) is 0 Å². The number of carbonyl (C=O) groups excluding carboxylic acids is 1. The van der Waals surface area contributed by atoms with Crippen LogP contribution < -0.4 is 5.32 Å². The molecule has 1 aliphatic carbocycles. The lowest BCUT2D eigenvalue weighted by Gasteiger charge is -2.32. The van der Waals surface area contributed by atoms with Gasteiger partial charge in [-0.3, -0.25) is 9.78 Å². The zero-order valence-corrected chi connectivity index (χ0v) is 12.1. The van der Waals surface area contributed by atoms with Gasteiger partial charge < -0.3 is 10.2 Å². The molecule has 2 fully saturated rings. The molecule has 4 nitrogen and oxygen atoms in total. The Labute approximate surface area is 120 Å². The first-order chi connectivity index (χ1) is 9.74. The summed E-state index contributed by atoms with van der Waals surface area (Å²) in [6, 6.07) is 4.95. The predicted molar refractivity (Wildman–Crippen MR) is 78.0 cm³/mol. The van der Waals surface area contributed by atoms with E-state index in [0.29, 0.717) is 18.0 Å². The molecule has 0 bridgehead atoms. The van der Waals surface area contributed by atoms with Crippen LogP contribution in [0, 0.1) is 5.92 Å². The van der Waals surface area contributed by atoms with E-state index in [2.05, 4.69) is 22.1 Å². The van der Waals surface area contributed by atoms with Crippen molar-refractivity contribution in [3.8, 4) is 0 Å². The van der Waals surface area contributed by atoms with Gasteiger partial charge in [0.2, 0.25) is 5.91 Å². The molecule has 1 aromatic heterocycles. The average molecular weight is 273 g/mol. The van der Waals surface area contributed by atoms with Crippen LogP contribution in [0.3, 0.4) is 0 Å². The molecule has 1 aliphatic heterocycles. The van der Waals surface area contributed by atoms with E-state index in [9.17, 15) is 4.79 Å². The number of amides is 1. The Bertz CT molecular complexity index is 458. The second-order valence-corrected chi connectivity index (χ2v) is 6.13. The minimum atomic E-state index is 0.202. The SMILES string of the molecule is CC1CC(C(=O)N(Cc2ccncc2)C2CC2)CCN1. The number of carbonyl (C=O) groups is 1. The van der Waals surface area contributed by atoms with Crippen LogP contribution in [0.15, 0.2) is 24.5 Å². The van der Waals surface area contributed by atoms with Crippen LogP contribution in [-0.4, -0.2) is 34.4 Å². The van der Waals surface area contributed by atoms with Crippen LogP contribution in [-0.2, 0) is 11.3 Å². The predicted octanol–water partition coefficient (Wildman–Crippen LogP) is 1.96. The zero-order chi connectivity index (χ0) is 13.9. The molecule has 2 atom stereocenters. The lowest BCUT2D eigenvalue weighted by molar-refractivity contribution is -0.138.